The van der Waals surface area contributed by atoms with Crippen molar-refractivity contribution in [1.82, 2.24) is 14.5 Å². The van der Waals surface area contributed by atoms with Gasteiger partial charge in [-0.2, -0.15) is 0 Å². The number of imidazole rings is 1. The van der Waals surface area contributed by atoms with Crippen LogP contribution in [-0.2, 0) is 11.3 Å². The summed E-state index contributed by atoms with van der Waals surface area (Å²) in [5.74, 6) is 1.45. The second-order valence-electron chi connectivity index (χ2n) is 4.93. The van der Waals surface area contributed by atoms with Gasteiger partial charge in [-0.05, 0) is 26.0 Å². The molecule has 1 amide bonds. The molecule has 1 aromatic heterocycles. The first-order valence-corrected chi connectivity index (χ1v) is 7.33. The average molecular weight is 310 g/mol. The topological polar surface area (TPSA) is 47.4 Å². The van der Waals surface area contributed by atoms with Gasteiger partial charge in [0.25, 0.3) is 0 Å². The molecule has 6 heteroatoms. The predicted octanol–water partition coefficient (Wildman–Crippen LogP) is 2.82. The van der Waals surface area contributed by atoms with E-state index in [1.807, 2.05) is 36.6 Å². The maximum atomic E-state index is 12.2. The van der Waals surface area contributed by atoms with E-state index in [2.05, 4.69) is 4.98 Å². The van der Waals surface area contributed by atoms with E-state index >= 15 is 0 Å². The molecule has 0 fully saturated rings. The molecule has 0 saturated carbocycles. The first-order valence-electron chi connectivity index (χ1n) is 6.90. The number of alkyl halides is 1. The summed E-state index contributed by atoms with van der Waals surface area (Å²) in [6.07, 6.45) is 0. The molecule has 1 heterocycles. The van der Waals surface area contributed by atoms with Crippen molar-refractivity contribution >= 4 is 28.5 Å². The molecule has 0 aliphatic rings. The summed E-state index contributed by atoms with van der Waals surface area (Å²) in [4.78, 5) is 18.4. The Hall–Kier alpha value is -1.75. The van der Waals surface area contributed by atoms with Gasteiger partial charge >= 0.3 is 0 Å². The quantitative estimate of drug-likeness (QED) is 0.798. The molecule has 1 aromatic carbocycles. The van der Waals surface area contributed by atoms with Gasteiger partial charge in [0, 0.05) is 19.7 Å². The molecule has 0 saturated heterocycles. The molecule has 0 aliphatic carbocycles. The van der Waals surface area contributed by atoms with E-state index in [-0.39, 0.29) is 17.8 Å². The number of benzene rings is 1. The third-order valence-electron chi connectivity index (χ3n) is 3.53. The van der Waals surface area contributed by atoms with Crippen molar-refractivity contribution in [3.8, 4) is 5.75 Å². The highest BCUT2D eigenvalue weighted by Gasteiger charge is 2.18. The number of hydrogen-bond donors (Lipinski definition) is 0. The number of carbonyl (C=O) groups excluding carboxylic acids is 1. The van der Waals surface area contributed by atoms with Gasteiger partial charge in [-0.15, -0.1) is 11.6 Å². The van der Waals surface area contributed by atoms with E-state index in [1.165, 1.54) is 0 Å². The van der Waals surface area contributed by atoms with Gasteiger partial charge in [-0.3, -0.25) is 4.79 Å². The maximum absolute atomic E-state index is 12.2. The molecule has 2 aromatic rings. The minimum atomic E-state index is -0.275. The summed E-state index contributed by atoms with van der Waals surface area (Å²) < 4.78 is 7.12. The number of amides is 1. The monoisotopic (exact) mass is 309 g/mol. The molecule has 5 nitrogen and oxygen atoms in total. The molecular formula is C15H20ClN3O2. The zero-order valence-electron chi connectivity index (χ0n) is 12.8. The van der Waals surface area contributed by atoms with Crippen LogP contribution in [0.1, 0.15) is 25.0 Å². The zero-order valence-corrected chi connectivity index (χ0v) is 13.5. The summed E-state index contributed by atoms with van der Waals surface area (Å²) in [6, 6.07) is 5.61. The van der Waals surface area contributed by atoms with Crippen LogP contribution in [0.5, 0.6) is 5.75 Å². The van der Waals surface area contributed by atoms with Crippen LogP contribution in [-0.4, -0.2) is 41.1 Å². The summed E-state index contributed by atoms with van der Waals surface area (Å²) >= 11 is 6.21. The van der Waals surface area contributed by atoms with Crippen LogP contribution in [0.4, 0.5) is 0 Å². The number of rotatable bonds is 5. The average Bonchev–Trinajstić information content (AvgIpc) is 2.84. The second kappa shape index (κ2) is 6.35. The Bertz CT molecular complexity index is 652. The molecule has 0 N–H and O–H groups in total. The third kappa shape index (κ3) is 3.13. The lowest BCUT2D eigenvalue weighted by Crippen LogP contribution is -2.30. The minimum absolute atomic E-state index is 0.0261. The molecule has 114 valence electrons. The van der Waals surface area contributed by atoms with Gasteiger partial charge in [0.2, 0.25) is 5.91 Å². The highest BCUT2D eigenvalue weighted by atomic mass is 35.5. The molecule has 1 unspecified atom stereocenters. The van der Waals surface area contributed by atoms with Gasteiger partial charge in [-0.25, -0.2) is 4.98 Å². The largest absolute Gasteiger partial charge is 0.497 e. The van der Waals surface area contributed by atoms with Crippen LogP contribution in [0.3, 0.4) is 0 Å². The number of hydrogen-bond acceptors (Lipinski definition) is 3. The molecule has 0 aliphatic heterocycles. The van der Waals surface area contributed by atoms with Crippen molar-refractivity contribution in [2.24, 2.45) is 0 Å². The van der Waals surface area contributed by atoms with E-state index < -0.39 is 0 Å². The SMILES string of the molecule is CCN(C)C(=O)Cn1c(C(C)Cl)nc2ccc(OC)cc21. The number of ether oxygens (including phenoxy) is 1. The molecule has 1 atom stereocenters. The highest BCUT2D eigenvalue weighted by molar-refractivity contribution is 6.20. The van der Waals surface area contributed by atoms with E-state index in [4.69, 9.17) is 16.3 Å². The Morgan fingerprint density at radius 3 is 2.81 bits per heavy atom. The number of halogens is 1. The van der Waals surface area contributed by atoms with Gasteiger partial charge < -0.3 is 14.2 Å². The molecule has 0 radical (unpaired) electrons. The number of fused-ring (bicyclic) bond motifs is 1. The summed E-state index contributed by atoms with van der Waals surface area (Å²) in [6.45, 7) is 4.68. The van der Waals surface area contributed by atoms with Gasteiger partial charge in [0.05, 0.1) is 23.5 Å². The summed E-state index contributed by atoms with van der Waals surface area (Å²) in [7, 11) is 3.40. The van der Waals surface area contributed by atoms with Gasteiger partial charge in [-0.1, -0.05) is 0 Å². The summed E-state index contributed by atoms with van der Waals surface area (Å²) in [5, 5.41) is -0.275. The Balaban J connectivity index is 2.51. The van der Waals surface area contributed by atoms with E-state index in [0.717, 1.165) is 16.8 Å². The Morgan fingerprint density at radius 1 is 1.52 bits per heavy atom. The fourth-order valence-electron chi connectivity index (χ4n) is 2.15. The smallest absolute Gasteiger partial charge is 0.242 e. The predicted molar refractivity (Wildman–Crippen MR) is 83.9 cm³/mol. The van der Waals surface area contributed by atoms with Crippen LogP contribution in [0.25, 0.3) is 11.0 Å². The minimum Gasteiger partial charge on any atom is -0.497 e. The van der Waals surface area contributed by atoms with Crippen molar-refractivity contribution in [1.29, 1.82) is 0 Å². The van der Waals surface area contributed by atoms with E-state index in [0.29, 0.717) is 12.4 Å². The van der Waals surface area contributed by atoms with Crippen molar-refractivity contribution < 1.29 is 9.53 Å². The lowest BCUT2D eigenvalue weighted by molar-refractivity contribution is -0.130. The van der Waals surface area contributed by atoms with Crippen molar-refractivity contribution in [2.75, 3.05) is 20.7 Å². The number of aromatic nitrogens is 2. The number of methoxy groups -OCH3 is 1. The molecule has 21 heavy (non-hydrogen) atoms. The van der Waals surface area contributed by atoms with Crippen LogP contribution >= 0.6 is 11.6 Å². The van der Waals surface area contributed by atoms with Crippen LogP contribution < -0.4 is 4.74 Å². The Morgan fingerprint density at radius 2 is 2.24 bits per heavy atom. The third-order valence-corrected chi connectivity index (χ3v) is 3.73. The number of nitrogens with zero attached hydrogens (tertiary/aromatic N) is 3. The molecule has 0 spiro atoms. The van der Waals surface area contributed by atoms with E-state index in [9.17, 15) is 4.79 Å². The fourth-order valence-corrected chi connectivity index (χ4v) is 2.32. The van der Waals surface area contributed by atoms with Gasteiger partial charge in [0.1, 0.15) is 18.1 Å². The first-order chi connectivity index (χ1) is 9.97. The van der Waals surface area contributed by atoms with Gasteiger partial charge in [0.15, 0.2) is 0 Å². The molecule has 2 rings (SSSR count). The fraction of sp³-hybridized carbons (Fsp3) is 0.467. The molecule has 0 bridgehead atoms. The normalized spacial score (nSPS) is 12.4. The Kier molecular flexibility index (Phi) is 4.73. The lowest BCUT2D eigenvalue weighted by Gasteiger charge is -2.17. The second-order valence-corrected chi connectivity index (χ2v) is 5.59. The Labute approximate surface area is 129 Å². The lowest BCUT2D eigenvalue weighted by atomic mass is 10.3. The first kappa shape index (κ1) is 15.6. The van der Waals surface area contributed by atoms with Crippen LogP contribution in [0, 0.1) is 0 Å². The molecular weight excluding hydrogens is 290 g/mol. The summed E-state index contributed by atoms with van der Waals surface area (Å²) in [5.41, 5.74) is 1.67. The zero-order chi connectivity index (χ0) is 15.6. The standard InChI is InChI=1S/C15H20ClN3O2/c1-5-18(3)14(20)9-19-13-8-11(21-4)6-7-12(13)17-15(19)10(2)16/h6-8,10H,5,9H2,1-4H3. The van der Waals surface area contributed by atoms with E-state index in [1.54, 1.807) is 19.1 Å². The van der Waals surface area contributed by atoms with Crippen molar-refractivity contribution in [3.63, 3.8) is 0 Å². The van der Waals surface area contributed by atoms with Crippen LogP contribution in [0.15, 0.2) is 18.2 Å². The van der Waals surface area contributed by atoms with Crippen molar-refractivity contribution in [3.05, 3.63) is 24.0 Å². The number of carbonyl (C=O) groups is 1. The maximum Gasteiger partial charge on any atom is 0.242 e. The highest BCUT2D eigenvalue weighted by Crippen LogP contribution is 2.27. The van der Waals surface area contributed by atoms with Crippen molar-refractivity contribution in [2.45, 2.75) is 25.8 Å². The number of likely N-dealkylation sites (N-methyl/N-ethyl adjacent to an activating group) is 1. The van der Waals surface area contributed by atoms with Crippen LogP contribution in [0.2, 0.25) is 0 Å².